The summed E-state index contributed by atoms with van der Waals surface area (Å²) < 4.78 is 8.38. The van der Waals surface area contributed by atoms with Crippen molar-refractivity contribution >= 4 is 45.5 Å². The SMILES string of the molecule is [Co].[La].[O]=[Zn].[SrH2]. The Balaban J connectivity index is -0.00000000167. The van der Waals surface area contributed by atoms with Gasteiger partial charge in [0.05, 0.1) is 0 Å². The second kappa shape index (κ2) is 25.5. The van der Waals surface area contributed by atoms with E-state index in [1.165, 1.54) is 0 Å². The third-order valence-electron chi connectivity index (χ3n) is 0. The van der Waals surface area contributed by atoms with Crippen LogP contribution in [0.3, 0.4) is 0 Å². The van der Waals surface area contributed by atoms with E-state index in [1.54, 1.807) is 0 Å². The van der Waals surface area contributed by atoms with Crippen LogP contribution in [-0.2, 0) is 38.6 Å². The second-order valence-corrected chi connectivity index (χ2v) is 0. The van der Waals surface area contributed by atoms with Gasteiger partial charge in [0.2, 0.25) is 0 Å². The molecule has 0 aliphatic rings. The Morgan fingerprint density at radius 3 is 1.20 bits per heavy atom. The molecule has 0 bridgehead atoms. The van der Waals surface area contributed by atoms with Gasteiger partial charge in [-0.25, -0.2) is 0 Å². The topological polar surface area (TPSA) is 17.1 Å². The third-order valence-corrected chi connectivity index (χ3v) is 0. The van der Waals surface area contributed by atoms with Crippen molar-refractivity contribution in [2.45, 2.75) is 0 Å². The number of rotatable bonds is 0. The van der Waals surface area contributed by atoms with E-state index in [0.29, 0.717) is 0 Å². The van der Waals surface area contributed by atoms with Gasteiger partial charge in [0.1, 0.15) is 0 Å². The molecule has 1 nitrogen and oxygen atoms in total. The molecule has 0 rings (SSSR count). The first-order chi connectivity index (χ1) is 1.00. The van der Waals surface area contributed by atoms with Crippen LogP contribution in [0.5, 0.6) is 0 Å². The average molecular weight is 369 g/mol. The van der Waals surface area contributed by atoms with Gasteiger partial charge in [-0.05, 0) is 0 Å². The van der Waals surface area contributed by atoms with Crippen LogP contribution in [0, 0.1) is 35.6 Å². The molecule has 0 aliphatic carbocycles. The van der Waals surface area contributed by atoms with Crippen LogP contribution < -0.4 is 0 Å². The van der Waals surface area contributed by atoms with E-state index >= 15 is 0 Å². The first-order valence-corrected chi connectivity index (χ1v) is 1.50. The van der Waals surface area contributed by atoms with E-state index in [1.807, 2.05) is 0 Å². The molecule has 24 valence electrons. The van der Waals surface area contributed by atoms with Gasteiger partial charge in [0, 0.05) is 52.4 Å². The minimum atomic E-state index is 0. The Morgan fingerprint density at radius 2 is 1.20 bits per heavy atom. The van der Waals surface area contributed by atoms with Crippen LogP contribution in [0.4, 0.5) is 0 Å². The quantitative estimate of drug-likeness (QED) is 0.499. The Kier molecular flexibility index (Phi) is 120. The zero-order valence-corrected chi connectivity index (χ0v) is 9.66. The van der Waals surface area contributed by atoms with Crippen molar-refractivity contribution in [2.24, 2.45) is 0 Å². The molecule has 0 saturated carbocycles. The van der Waals surface area contributed by atoms with Crippen LogP contribution in [0.25, 0.3) is 0 Å². The zero-order valence-electron chi connectivity index (χ0n) is 2.03. The van der Waals surface area contributed by atoms with Crippen LogP contribution in [0.15, 0.2) is 0 Å². The molecule has 0 unspecified atom stereocenters. The zero-order chi connectivity index (χ0) is 2.00. The molecule has 0 atom stereocenters. The summed E-state index contributed by atoms with van der Waals surface area (Å²) in [5.74, 6) is 0. The average Bonchev–Trinajstić information content (AvgIpc) is 1.00. The summed E-state index contributed by atoms with van der Waals surface area (Å²) >= 11 is 0.125. The summed E-state index contributed by atoms with van der Waals surface area (Å²) in [6.07, 6.45) is 0. The van der Waals surface area contributed by atoms with Crippen LogP contribution in [-0.4, -0.2) is 45.5 Å². The first kappa shape index (κ1) is 23.5. The van der Waals surface area contributed by atoms with Gasteiger partial charge in [0.15, 0.2) is 0 Å². The Morgan fingerprint density at radius 1 is 1.20 bits per heavy atom. The first-order valence-electron chi connectivity index (χ1n) is 0.289. The van der Waals surface area contributed by atoms with Crippen molar-refractivity contribution in [3.05, 3.63) is 0 Å². The fourth-order valence-electron chi connectivity index (χ4n) is 0. The summed E-state index contributed by atoms with van der Waals surface area (Å²) in [4.78, 5) is 0. The van der Waals surface area contributed by atoms with E-state index in [-0.39, 0.29) is 116 Å². The molecule has 0 aromatic rings. The number of hydrogen-bond acceptors (Lipinski definition) is 1. The maximum absolute atomic E-state index is 8.38. The standard InChI is InChI=1S/Co.La.O.Sr.Zn.2H. The van der Waals surface area contributed by atoms with Crippen molar-refractivity contribution in [3.63, 3.8) is 0 Å². The van der Waals surface area contributed by atoms with Gasteiger partial charge >= 0.3 is 67.3 Å². The summed E-state index contributed by atoms with van der Waals surface area (Å²) in [7, 11) is 0. The molecule has 0 saturated heterocycles. The van der Waals surface area contributed by atoms with Crippen molar-refractivity contribution in [2.75, 3.05) is 0 Å². The van der Waals surface area contributed by atoms with Crippen molar-refractivity contribution in [3.8, 4) is 0 Å². The van der Waals surface area contributed by atoms with Gasteiger partial charge in [-0.2, -0.15) is 0 Å². The molecule has 0 aliphatic heterocycles. The minimum absolute atomic E-state index is 0. The van der Waals surface area contributed by atoms with Gasteiger partial charge in [0.25, 0.3) is 0 Å². The van der Waals surface area contributed by atoms with Crippen LogP contribution in [0.1, 0.15) is 0 Å². The Labute approximate surface area is 116 Å². The Hall–Kier alpha value is 3.61. The van der Waals surface area contributed by atoms with Gasteiger partial charge in [-0.1, -0.05) is 0 Å². The maximum atomic E-state index is 8.38. The summed E-state index contributed by atoms with van der Waals surface area (Å²) in [5.41, 5.74) is 0. The van der Waals surface area contributed by atoms with E-state index in [4.69, 9.17) is 3.57 Å². The van der Waals surface area contributed by atoms with Crippen molar-refractivity contribution < 1.29 is 74.2 Å². The second-order valence-electron chi connectivity index (χ2n) is 0. The summed E-state index contributed by atoms with van der Waals surface area (Å²) in [5, 5.41) is 0. The van der Waals surface area contributed by atoms with Crippen molar-refractivity contribution in [1.29, 1.82) is 0 Å². The fraction of sp³-hybridized carbons (Fsp3) is 0. The molecule has 0 spiro atoms. The van der Waals surface area contributed by atoms with Gasteiger partial charge < -0.3 is 0 Å². The monoisotopic (exact) mass is 368 g/mol. The molecule has 5 heavy (non-hydrogen) atoms. The molecule has 0 fully saturated rings. The molecule has 0 N–H and O–H groups in total. The molecule has 0 aromatic carbocycles. The van der Waals surface area contributed by atoms with Crippen molar-refractivity contribution in [1.82, 2.24) is 0 Å². The summed E-state index contributed by atoms with van der Waals surface area (Å²) in [6.45, 7) is 0. The van der Waals surface area contributed by atoms with Crippen LogP contribution >= 0.6 is 0 Å². The molecule has 2 radical (unpaired) electrons. The normalized spacial score (nSPS) is 1.20. The fourth-order valence-corrected chi connectivity index (χ4v) is 0. The van der Waals surface area contributed by atoms with E-state index in [0.717, 1.165) is 0 Å². The molecule has 0 aromatic heterocycles. The van der Waals surface area contributed by atoms with E-state index in [2.05, 4.69) is 0 Å². The van der Waals surface area contributed by atoms with E-state index < -0.39 is 0 Å². The number of hydrogen-bond donors (Lipinski definition) is 0. The third kappa shape index (κ3) is 18.4. The molecular weight excluding hydrogens is 367 g/mol. The predicted octanol–water partition coefficient (Wildman–Crippen LogP) is -1.04. The summed E-state index contributed by atoms with van der Waals surface area (Å²) in [6, 6.07) is 0. The van der Waals surface area contributed by atoms with Gasteiger partial charge in [-0.3, -0.25) is 0 Å². The van der Waals surface area contributed by atoms with Gasteiger partial charge in [-0.15, -0.1) is 0 Å². The molecule has 0 heterocycles. The predicted molar refractivity (Wildman–Crippen MR) is 9.23 cm³/mol. The molecular formula is H2CoLaOSrZn. The van der Waals surface area contributed by atoms with E-state index in [9.17, 15) is 0 Å². The molecule has 5 heteroatoms. The van der Waals surface area contributed by atoms with Crippen LogP contribution in [0.2, 0.25) is 0 Å². The Bertz CT molecular complexity index is 11.6. The molecule has 0 amide bonds.